The molecular formula is C63H123NO4. The summed E-state index contributed by atoms with van der Waals surface area (Å²) >= 11 is 0. The Labute approximate surface area is 426 Å². The normalized spacial score (nSPS) is 13.3. The Morgan fingerprint density at radius 3 is 0.897 bits per heavy atom. The second-order valence-electron chi connectivity index (χ2n) is 21.6. The van der Waals surface area contributed by atoms with Gasteiger partial charge in [0.2, 0.25) is 5.91 Å². The van der Waals surface area contributed by atoms with E-state index < -0.39 is 18.2 Å². The molecule has 0 aromatic heterocycles. The van der Waals surface area contributed by atoms with Crippen LogP contribution in [0.2, 0.25) is 0 Å². The molecule has 5 heteroatoms. The smallest absolute Gasteiger partial charge is 0.220 e. The van der Waals surface area contributed by atoms with Gasteiger partial charge in [-0.3, -0.25) is 4.79 Å². The van der Waals surface area contributed by atoms with Gasteiger partial charge in [-0.15, -0.1) is 0 Å². The van der Waals surface area contributed by atoms with Crippen LogP contribution in [0.15, 0.2) is 24.3 Å². The lowest BCUT2D eigenvalue weighted by Gasteiger charge is -2.26. The number of unbranched alkanes of at least 4 members (excludes halogenated alkanes) is 46. The van der Waals surface area contributed by atoms with Gasteiger partial charge in [0.1, 0.15) is 6.10 Å². The number of hydrogen-bond donors (Lipinski definition) is 4. The van der Waals surface area contributed by atoms with Crippen LogP contribution in [0.3, 0.4) is 0 Å². The first-order chi connectivity index (χ1) is 33.6. The van der Waals surface area contributed by atoms with Gasteiger partial charge >= 0.3 is 0 Å². The molecule has 0 aromatic rings. The van der Waals surface area contributed by atoms with Crippen molar-refractivity contribution in [2.75, 3.05) is 6.61 Å². The van der Waals surface area contributed by atoms with Crippen molar-refractivity contribution in [3.63, 3.8) is 0 Å². The maximum atomic E-state index is 12.5. The van der Waals surface area contributed by atoms with Crippen molar-refractivity contribution in [2.45, 2.75) is 366 Å². The number of carbonyl (C=O) groups excluding carboxylic acids is 1. The third-order valence-corrected chi connectivity index (χ3v) is 14.8. The summed E-state index contributed by atoms with van der Waals surface area (Å²) in [5.74, 6) is -0.151. The molecule has 5 nitrogen and oxygen atoms in total. The molecule has 0 fully saturated rings. The summed E-state index contributed by atoms with van der Waals surface area (Å²) in [7, 11) is 0. The molecule has 1 amide bonds. The molecule has 68 heavy (non-hydrogen) atoms. The average molecular weight is 959 g/mol. The fourth-order valence-electron chi connectivity index (χ4n) is 10.0. The summed E-state index contributed by atoms with van der Waals surface area (Å²) in [6.45, 7) is 4.21. The van der Waals surface area contributed by atoms with Gasteiger partial charge in [-0.2, -0.15) is 0 Å². The fourth-order valence-corrected chi connectivity index (χ4v) is 10.0. The highest BCUT2D eigenvalue weighted by Gasteiger charge is 2.26. The van der Waals surface area contributed by atoms with E-state index in [2.05, 4.69) is 43.5 Å². The van der Waals surface area contributed by atoms with Crippen LogP contribution in [0.4, 0.5) is 0 Å². The minimum Gasteiger partial charge on any atom is -0.394 e. The van der Waals surface area contributed by atoms with Crippen LogP contribution in [0.5, 0.6) is 0 Å². The van der Waals surface area contributed by atoms with Crippen LogP contribution >= 0.6 is 0 Å². The zero-order valence-electron chi connectivity index (χ0n) is 46.3. The largest absolute Gasteiger partial charge is 0.394 e. The van der Waals surface area contributed by atoms with Crippen molar-refractivity contribution < 1.29 is 20.1 Å². The highest BCUT2D eigenvalue weighted by Crippen LogP contribution is 2.18. The molecular weight excluding hydrogens is 835 g/mol. The maximum Gasteiger partial charge on any atom is 0.220 e. The zero-order valence-corrected chi connectivity index (χ0v) is 46.3. The van der Waals surface area contributed by atoms with E-state index in [1.165, 1.54) is 276 Å². The number of aliphatic hydroxyl groups is 3. The maximum absolute atomic E-state index is 12.5. The zero-order chi connectivity index (χ0) is 49.3. The molecule has 0 aliphatic rings. The van der Waals surface area contributed by atoms with E-state index >= 15 is 0 Å². The number of aliphatic hydroxyl groups excluding tert-OH is 3. The molecule has 3 unspecified atom stereocenters. The van der Waals surface area contributed by atoms with E-state index in [0.717, 1.165) is 44.9 Å². The van der Waals surface area contributed by atoms with Crippen LogP contribution in [0.25, 0.3) is 0 Å². The number of rotatable bonds is 58. The van der Waals surface area contributed by atoms with Crippen LogP contribution in [0.1, 0.15) is 348 Å². The molecule has 0 heterocycles. The van der Waals surface area contributed by atoms with Crippen molar-refractivity contribution in [2.24, 2.45) is 0 Å². The van der Waals surface area contributed by atoms with E-state index in [-0.39, 0.29) is 12.5 Å². The minimum absolute atomic E-state index is 0.151. The monoisotopic (exact) mass is 958 g/mol. The molecule has 0 radical (unpaired) electrons. The minimum atomic E-state index is -1.17. The van der Waals surface area contributed by atoms with E-state index in [1.54, 1.807) is 0 Å². The van der Waals surface area contributed by atoms with E-state index in [9.17, 15) is 20.1 Å². The van der Waals surface area contributed by atoms with Crippen molar-refractivity contribution in [3.8, 4) is 0 Å². The number of allylic oxidation sites excluding steroid dienone is 4. The molecule has 4 N–H and O–H groups in total. The highest BCUT2D eigenvalue weighted by molar-refractivity contribution is 5.76. The molecule has 0 aliphatic carbocycles. The third kappa shape index (κ3) is 52.6. The van der Waals surface area contributed by atoms with E-state index in [4.69, 9.17) is 0 Å². The van der Waals surface area contributed by atoms with Crippen molar-refractivity contribution in [3.05, 3.63) is 24.3 Å². The Kier molecular flexibility index (Phi) is 57.4. The van der Waals surface area contributed by atoms with E-state index in [1.807, 2.05) is 0 Å². The van der Waals surface area contributed by atoms with Gasteiger partial charge in [0.25, 0.3) is 0 Å². The highest BCUT2D eigenvalue weighted by atomic mass is 16.3. The summed E-state index contributed by atoms with van der Waals surface area (Å²) in [4.78, 5) is 12.5. The van der Waals surface area contributed by atoms with Crippen molar-refractivity contribution >= 4 is 5.91 Å². The number of amides is 1. The first-order valence-electron chi connectivity index (χ1n) is 31.1. The van der Waals surface area contributed by atoms with Crippen LogP contribution in [-0.2, 0) is 4.79 Å². The van der Waals surface area contributed by atoms with Crippen LogP contribution in [-0.4, -0.2) is 46.1 Å². The summed E-state index contributed by atoms with van der Waals surface area (Å²) in [6, 6.07) is -0.831. The molecule has 0 aliphatic heterocycles. The number of nitrogens with one attached hydrogen (secondary N) is 1. The molecule has 0 bridgehead atoms. The summed E-state index contributed by atoms with van der Waals surface area (Å²) in [5, 5.41) is 33.8. The van der Waals surface area contributed by atoms with E-state index in [0.29, 0.717) is 12.8 Å². The Morgan fingerprint density at radius 1 is 0.353 bits per heavy atom. The predicted octanol–water partition coefficient (Wildman–Crippen LogP) is 19.6. The lowest BCUT2D eigenvalue weighted by atomic mass is 10.0. The summed E-state index contributed by atoms with van der Waals surface area (Å²) < 4.78 is 0. The van der Waals surface area contributed by atoms with Gasteiger partial charge in [-0.1, -0.05) is 314 Å². The Hall–Kier alpha value is -1.17. The SMILES string of the molecule is CCCCCCCCCCCCCC/C=C/CC/C=C/CCCC(O)C(O)C(CO)NC(=O)CCCCCCCCCCCCCCCCCCCCCCCCCCCCCCCCCCC. The molecule has 0 saturated carbocycles. The van der Waals surface area contributed by atoms with Gasteiger partial charge in [-0.05, 0) is 51.4 Å². The average Bonchev–Trinajstić information content (AvgIpc) is 3.34. The number of hydrogen-bond acceptors (Lipinski definition) is 4. The lowest BCUT2D eigenvalue weighted by Crippen LogP contribution is -2.50. The lowest BCUT2D eigenvalue weighted by molar-refractivity contribution is -0.124. The van der Waals surface area contributed by atoms with Gasteiger partial charge in [-0.25, -0.2) is 0 Å². The Bertz CT molecular complexity index is 1010. The fraction of sp³-hybridized carbons (Fsp3) is 0.921. The van der Waals surface area contributed by atoms with Crippen LogP contribution < -0.4 is 5.32 Å². The molecule has 0 rings (SSSR count). The van der Waals surface area contributed by atoms with Gasteiger partial charge in [0.05, 0.1) is 18.8 Å². The van der Waals surface area contributed by atoms with Crippen molar-refractivity contribution in [1.29, 1.82) is 0 Å². The van der Waals surface area contributed by atoms with Crippen LogP contribution in [0, 0.1) is 0 Å². The standard InChI is InChI=1S/C63H123NO4/c1-3-5-7-9-11-13-15-17-19-21-23-25-26-27-28-29-30-31-32-33-34-35-36-38-40-42-44-46-48-50-52-54-56-58-62(67)64-60(59-65)63(68)61(66)57-55-53-51-49-47-45-43-41-39-37-24-22-20-18-16-14-12-10-8-6-4-2/h41,43,49,51,60-61,63,65-66,68H,3-40,42,44-48,50,52-59H2,1-2H3,(H,64,67)/b43-41+,51-49+. The quantitative estimate of drug-likeness (QED) is 0.0361. The molecule has 3 atom stereocenters. The second-order valence-corrected chi connectivity index (χ2v) is 21.6. The second kappa shape index (κ2) is 58.4. The molecule has 0 saturated heterocycles. The Balaban J connectivity index is 3.50. The first-order valence-corrected chi connectivity index (χ1v) is 31.1. The van der Waals surface area contributed by atoms with Gasteiger partial charge < -0.3 is 20.6 Å². The molecule has 404 valence electrons. The molecule has 0 spiro atoms. The topological polar surface area (TPSA) is 89.8 Å². The Morgan fingerprint density at radius 2 is 0.603 bits per heavy atom. The number of carbonyl (C=O) groups is 1. The summed E-state index contributed by atoms with van der Waals surface area (Å²) in [6.07, 6.45) is 75.1. The first kappa shape index (κ1) is 66.8. The predicted molar refractivity (Wildman–Crippen MR) is 301 cm³/mol. The van der Waals surface area contributed by atoms with Gasteiger partial charge in [0.15, 0.2) is 0 Å². The summed E-state index contributed by atoms with van der Waals surface area (Å²) in [5.41, 5.74) is 0. The van der Waals surface area contributed by atoms with Gasteiger partial charge in [0, 0.05) is 6.42 Å². The third-order valence-electron chi connectivity index (χ3n) is 14.8. The van der Waals surface area contributed by atoms with Crippen molar-refractivity contribution in [1.82, 2.24) is 5.32 Å². The molecule has 0 aromatic carbocycles.